The fourth-order valence-electron chi connectivity index (χ4n) is 2.73. The summed E-state index contributed by atoms with van der Waals surface area (Å²) in [7, 11) is 0. The highest BCUT2D eigenvalue weighted by Crippen LogP contribution is 2.31. The lowest BCUT2D eigenvalue weighted by Crippen LogP contribution is -2.26. The number of fused-ring (bicyclic) bond motifs is 1. The predicted octanol–water partition coefficient (Wildman–Crippen LogP) is 3.89. The molecule has 0 aliphatic heterocycles. The smallest absolute Gasteiger partial charge is 0.449 e. The lowest BCUT2D eigenvalue weighted by Gasteiger charge is -2.16. The standard InChI is InChI=1S/C19H19F3N2O3/c1-2-26-14-7-9-15(10-8-14)27-12-13(25)11-24-17-6-4-3-5-16(17)23-18(24)19(20,21)22/h3-10,13,25H,2,11-12H2,1H3. The molecule has 0 spiro atoms. The lowest BCUT2D eigenvalue weighted by atomic mass is 10.3. The Morgan fingerprint density at radius 1 is 1.04 bits per heavy atom. The van der Waals surface area contributed by atoms with Gasteiger partial charge in [0.1, 0.15) is 24.2 Å². The second-order valence-electron chi connectivity index (χ2n) is 5.90. The molecule has 0 saturated carbocycles. The van der Waals surface area contributed by atoms with E-state index < -0.39 is 18.1 Å². The first kappa shape index (κ1) is 19.0. The van der Waals surface area contributed by atoms with Crippen molar-refractivity contribution in [3.05, 3.63) is 54.4 Å². The molecule has 0 fully saturated rings. The predicted molar refractivity (Wildman–Crippen MR) is 93.8 cm³/mol. The van der Waals surface area contributed by atoms with E-state index >= 15 is 0 Å². The number of halogens is 3. The molecule has 3 aromatic rings. The van der Waals surface area contributed by atoms with Gasteiger partial charge in [-0.25, -0.2) is 4.98 Å². The Kier molecular flexibility index (Phi) is 5.55. The molecule has 1 heterocycles. The molecule has 1 aromatic heterocycles. The second kappa shape index (κ2) is 7.87. The van der Waals surface area contributed by atoms with Gasteiger partial charge in [-0.05, 0) is 43.3 Å². The van der Waals surface area contributed by atoms with Gasteiger partial charge in [0.2, 0.25) is 5.82 Å². The average molecular weight is 380 g/mol. The summed E-state index contributed by atoms with van der Waals surface area (Å²) < 4.78 is 51.6. The topological polar surface area (TPSA) is 56.5 Å². The van der Waals surface area contributed by atoms with Gasteiger partial charge < -0.3 is 19.1 Å². The summed E-state index contributed by atoms with van der Waals surface area (Å²) in [4.78, 5) is 3.65. The van der Waals surface area contributed by atoms with E-state index in [4.69, 9.17) is 9.47 Å². The minimum Gasteiger partial charge on any atom is -0.494 e. The molecule has 2 aromatic carbocycles. The second-order valence-corrected chi connectivity index (χ2v) is 5.90. The van der Waals surface area contributed by atoms with Gasteiger partial charge in [0.05, 0.1) is 24.2 Å². The third-order valence-corrected chi connectivity index (χ3v) is 3.88. The van der Waals surface area contributed by atoms with Crippen molar-refractivity contribution in [1.29, 1.82) is 0 Å². The van der Waals surface area contributed by atoms with Gasteiger partial charge in [-0.15, -0.1) is 0 Å². The largest absolute Gasteiger partial charge is 0.494 e. The fraction of sp³-hybridized carbons (Fsp3) is 0.316. The van der Waals surface area contributed by atoms with Gasteiger partial charge >= 0.3 is 6.18 Å². The molecular weight excluding hydrogens is 361 g/mol. The van der Waals surface area contributed by atoms with Crippen LogP contribution in [0.5, 0.6) is 11.5 Å². The maximum Gasteiger partial charge on any atom is 0.449 e. The zero-order valence-electron chi connectivity index (χ0n) is 14.6. The van der Waals surface area contributed by atoms with E-state index in [9.17, 15) is 18.3 Å². The van der Waals surface area contributed by atoms with Crippen molar-refractivity contribution in [3.63, 3.8) is 0 Å². The lowest BCUT2D eigenvalue weighted by molar-refractivity contribution is -0.147. The third-order valence-electron chi connectivity index (χ3n) is 3.88. The number of alkyl halides is 3. The highest BCUT2D eigenvalue weighted by molar-refractivity contribution is 5.76. The molecule has 0 radical (unpaired) electrons. The van der Waals surface area contributed by atoms with Crippen LogP contribution in [0.2, 0.25) is 0 Å². The summed E-state index contributed by atoms with van der Waals surface area (Å²) in [6.07, 6.45) is -5.76. The first-order valence-corrected chi connectivity index (χ1v) is 8.44. The normalized spacial score (nSPS) is 12.9. The highest BCUT2D eigenvalue weighted by atomic mass is 19.4. The van der Waals surface area contributed by atoms with Gasteiger partial charge in [-0.3, -0.25) is 0 Å². The molecule has 1 unspecified atom stereocenters. The average Bonchev–Trinajstić information content (AvgIpc) is 3.00. The van der Waals surface area contributed by atoms with E-state index in [0.717, 1.165) is 4.57 Å². The number of ether oxygens (including phenoxy) is 2. The summed E-state index contributed by atoms with van der Waals surface area (Å²) >= 11 is 0. The summed E-state index contributed by atoms with van der Waals surface area (Å²) in [5.74, 6) is 0.137. The zero-order chi connectivity index (χ0) is 19.4. The first-order valence-electron chi connectivity index (χ1n) is 8.44. The third kappa shape index (κ3) is 4.51. The number of aliphatic hydroxyl groups excluding tert-OH is 1. The van der Waals surface area contributed by atoms with Crippen molar-refractivity contribution in [2.24, 2.45) is 0 Å². The Morgan fingerprint density at radius 3 is 2.30 bits per heavy atom. The van der Waals surface area contributed by atoms with Gasteiger partial charge in [0.25, 0.3) is 0 Å². The van der Waals surface area contributed by atoms with Crippen molar-refractivity contribution < 1.29 is 27.8 Å². The molecule has 0 saturated heterocycles. The van der Waals surface area contributed by atoms with Crippen LogP contribution < -0.4 is 9.47 Å². The number of hydrogen-bond acceptors (Lipinski definition) is 4. The molecule has 0 amide bonds. The number of para-hydroxylation sites is 2. The Hall–Kier alpha value is -2.74. The summed E-state index contributed by atoms with van der Waals surface area (Å²) in [6.45, 7) is 1.97. The van der Waals surface area contributed by atoms with Gasteiger partial charge in [0, 0.05) is 0 Å². The van der Waals surface area contributed by atoms with Crippen LogP contribution in [0.3, 0.4) is 0 Å². The van der Waals surface area contributed by atoms with Crippen LogP contribution in [0.25, 0.3) is 11.0 Å². The number of hydrogen-bond donors (Lipinski definition) is 1. The minimum atomic E-state index is -4.62. The quantitative estimate of drug-likeness (QED) is 0.676. The summed E-state index contributed by atoms with van der Waals surface area (Å²) in [5.41, 5.74) is 0.536. The maximum absolute atomic E-state index is 13.3. The van der Waals surface area contributed by atoms with Crippen LogP contribution in [-0.2, 0) is 12.7 Å². The van der Waals surface area contributed by atoms with E-state index in [2.05, 4.69) is 4.98 Å². The van der Waals surface area contributed by atoms with E-state index in [0.29, 0.717) is 23.6 Å². The van der Waals surface area contributed by atoms with Gasteiger partial charge in [0.15, 0.2) is 0 Å². The molecule has 27 heavy (non-hydrogen) atoms. The van der Waals surface area contributed by atoms with E-state index in [1.165, 1.54) is 12.1 Å². The molecule has 3 rings (SSSR count). The van der Waals surface area contributed by atoms with Crippen molar-refractivity contribution >= 4 is 11.0 Å². The van der Waals surface area contributed by atoms with E-state index in [1.807, 2.05) is 6.92 Å². The maximum atomic E-state index is 13.3. The molecular formula is C19H19F3N2O3. The molecule has 8 heteroatoms. The number of rotatable bonds is 7. The van der Waals surface area contributed by atoms with Crippen molar-refractivity contribution in [2.75, 3.05) is 13.2 Å². The zero-order valence-corrected chi connectivity index (χ0v) is 14.6. The van der Waals surface area contributed by atoms with E-state index in [1.54, 1.807) is 36.4 Å². The minimum absolute atomic E-state index is 0.155. The van der Waals surface area contributed by atoms with Crippen molar-refractivity contribution in [1.82, 2.24) is 9.55 Å². The highest BCUT2D eigenvalue weighted by Gasteiger charge is 2.37. The summed E-state index contributed by atoms with van der Waals surface area (Å²) in [6, 6.07) is 13.1. The molecule has 0 aliphatic carbocycles. The van der Waals surface area contributed by atoms with E-state index in [-0.39, 0.29) is 18.7 Å². The number of imidazole rings is 1. The monoisotopic (exact) mass is 380 g/mol. The Labute approximate surface area is 154 Å². The molecule has 1 N–H and O–H groups in total. The first-order chi connectivity index (χ1) is 12.9. The number of aromatic nitrogens is 2. The van der Waals surface area contributed by atoms with Crippen LogP contribution in [-0.4, -0.2) is 34.0 Å². The van der Waals surface area contributed by atoms with Crippen LogP contribution in [0.1, 0.15) is 12.7 Å². The van der Waals surface area contributed by atoms with Crippen molar-refractivity contribution in [3.8, 4) is 11.5 Å². The number of benzene rings is 2. The van der Waals surface area contributed by atoms with Crippen LogP contribution in [0.4, 0.5) is 13.2 Å². The summed E-state index contributed by atoms with van der Waals surface area (Å²) in [5, 5.41) is 10.2. The molecule has 144 valence electrons. The van der Waals surface area contributed by atoms with Crippen LogP contribution in [0.15, 0.2) is 48.5 Å². The molecule has 1 atom stereocenters. The van der Waals surface area contributed by atoms with Gasteiger partial charge in [-0.2, -0.15) is 13.2 Å². The van der Waals surface area contributed by atoms with Crippen LogP contribution >= 0.6 is 0 Å². The van der Waals surface area contributed by atoms with Crippen molar-refractivity contribution in [2.45, 2.75) is 25.7 Å². The Morgan fingerprint density at radius 2 is 1.67 bits per heavy atom. The Bertz CT molecular complexity index is 891. The van der Waals surface area contributed by atoms with Crippen LogP contribution in [0, 0.1) is 0 Å². The Balaban J connectivity index is 1.71. The SMILES string of the molecule is CCOc1ccc(OCC(O)Cn2c(C(F)(F)F)nc3ccccc32)cc1. The molecule has 0 bridgehead atoms. The number of nitrogens with zero attached hydrogens (tertiary/aromatic N) is 2. The van der Waals surface area contributed by atoms with Gasteiger partial charge in [-0.1, -0.05) is 12.1 Å². The number of aliphatic hydroxyl groups is 1. The molecule has 0 aliphatic rings. The molecule has 5 nitrogen and oxygen atoms in total. The fourth-order valence-corrected chi connectivity index (χ4v) is 2.73.